The number of imide groups is 1. The summed E-state index contributed by atoms with van der Waals surface area (Å²) in [5, 5.41) is 0. The molecule has 2 amide bonds. The molecule has 1 saturated heterocycles. The van der Waals surface area contributed by atoms with E-state index in [1.165, 1.54) is 18.2 Å². The number of halogens is 3. The first kappa shape index (κ1) is 18.7. The monoisotopic (exact) mass is 375 g/mol. The third kappa shape index (κ3) is 4.55. The van der Waals surface area contributed by atoms with Crippen molar-refractivity contribution in [3.05, 3.63) is 77.4 Å². The van der Waals surface area contributed by atoms with Crippen LogP contribution in [-0.4, -0.2) is 29.5 Å². The van der Waals surface area contributed by atoms with Gasteiger partial charge in [-0.1, -0.05) is 42.5 Å². The molecule has 0 radical (unpaired) electrons. The zero-order valence-electron chi connectivity index (χ0n) is 14.1. The fraction of sp³-hybridized carbons (Fsp3) is 0.200. The lowest BCUT2D eigenvalue weighted by Gasteiger charge is -2.18. The van der Waals surface area contributed by atoms with Gasteiger partial charge in [0, 0.05) is 6.08 Å². The maximum absolute atomic E-state index is 12.6. The molecule has 0 N–H and O–H groups in total. The third-order valence-corrected chi connectivity index (χ3v) is 4.17. The number of amides is 2. The lowest BCUT2D eigenvalue weighted by Crippen LogP contribution is -2.39. The predicted molar refractivity (Wildman–Crippen MR) is 92.6 cm³/mol. The Morgan fingerprint density at radius 3 is 2.41 bits per heavy atom. The van der Waals surface area contributed by atoms with Crippen LogP contribution in [0.2, 0.25) is 0 Å². The number of benzene rings is 2. The first-order chi connectivity index (χ1) is 12.8. The highest BCUT2D eigenvalue weighted by atomic mass is 19.4. The molecule has 0 aliphatic carbocycles. The van der Waals surface area contributed by atoms with E-state index in [0.717, 1.165) is 28.7 Å². The molecular formula is C20H16F3NO3. The van der Waals surface area contributed by atoms with Gasteiger partial charge in [-0.25, -0.2) is 9.69 Å². The van der Waals surface area contributed by atoms with Crippen molar-refractivity contribution in [3.63, 3.8) is 0 Å². The van der Waals surface area contributed by atoms with Gasteiger partial charge in [-0.15, -0.1) is 0 Å². The van der Waals surface area contributed by atoms with Crippen molar-refractivity contribution in [1.29, 1.82) is 0 Å². The van der Waals surface area contributed by atoms with E-state index in [1.54, 1.807) is 0 Å². The maximum atomic E-state index is 12.6. The van der Waals surface area contributed by atoms with Crippen LogP contribution in [0, 0.1) is 0 Å². The minimum absolute atomic E-state index is 0.105. The van der Waals surface area contributed by atoms with Crippen LogP contribution in [0.5, 0.6) is 0 Å². The number of nitrogens with zero attached hydrogens (tertiary/aromatic N) is 1. The van der Waals surface area contributed by atoms with Gasteiger partial charge in [0.1, 0.15) is 6.61 Å². The van der Waals surface area contributed by atoms with Gasteiger partial charge in [0.15, 0.2) is 0 Å². The quantitative estimate of drug-likeness (QED) is 0.749. The smallest absolute Gasteiger partial charge is 0.417 e. The number of hydrogen-bond acceptors (Lipinski definition) is 3. The summed E-state index contributed by atoms with van der Waals surface area (Å²) in [5.41, 5.74) is 0.617. The van der Waals surface area contributed by atoms with Crippen molar-refractivity contribution < 1.29 is 27.5 Å². The Hall–Kier alpha value is -3.09. The molecule has 0 spiro atoms. The Balaban J connectivity index is 1.69. The van der Waals surface area contributed by atoms with Gasteiger partial charge in [0.2, 0.25) is 0 Å². The van der Waals surface area contributed by atoms with Crippen LogP contribution in [0.15, 0.2) is 60.7 Å². The minimum atomic E-state index is -4.41. The standard InChI is InChI=1S/C20H16F3NO3/c21-20(22,23)16-9-6-14(7-10-16)8-11-18(25)24-17(13-27-19(24)26)12-15-4-2-1-3-5-15/h1-11,17H,12-13H2/b11-8+/t17-/m1/s1. The number of carbonyl (C=O) groups is 2. The molecule has 4 nitrogen and oxygen atoms in total. The average molecular weight is 375 g/mol. The van der Waals surface area contributed by atoms with E-state index in [0.29, 0.717) is 12.0 Å². The van der Waals surface area contributed by atoms with Crippen LogP contribution >= 0.6 is 0 Å². The summed E-state index contributed by atoms with van der Waals surface area (Å²) in [7, 11) is 0. The normalized spacial score (nSPS) is 17.4. The van der Waals surface area contributed by atoms with E-state index in [4.69, 9.17) is 4.74 Å². The van der Waals surface area contributed by atoms with Crippen LogP contribution < -0.4 is 0 Å². The largest absolute Gasteiger partial charge is 0.447 e. The number of alkyl halides is 3. The highest BCUT2D eigenvalue weighted by molar-refractivity contribution is 6.02. The van der Waals surface area contributed by atoms with Crippen molar-refractivity contribution in [2.45, 2.75) is 18.6 Å². The first-order valence-corrected chi connectivity index (χ1v) is 8.24. The molecule has 0 bridgehead atoms. The summed E-state index contributed by atoms with van der Waals surface area (Å²) in [6.07, 6.45) is -2.15. The molecule has 0 aromatic heterocycles. The molecule has 1 aliphatic rings. The number of hydrogen-bond donors (Lipinski definition) is 0. The SMILES string of the molecule is O=C(/C=C/c1ccc(C(F)(F)F)cc1)N1C(=O)OC[C@H]1Cc1ccccc1. The molecule has 7 heteroatoms. The Morgan fingerprint density at radius 2 is 1.78 bits per heavy atom. The Labute approximate surface area is 153 Å². The van der Waals surface area contributed by atoms with Crippen LogP contribution in [-0.2, 0) is 22.1 Å². The molecule has 0 saturated carbocycles. The van der Waals surface area contributed by atoms with E-state index in [2.05, 4.69) is 0 Å². The van der Waals surface area contributed by atoms with Crippen molar-refractivity contribution in [2.75, 3.05) is 6.61 Å². The van der Waals surface area contributed by atoms with Crippen LogP contribution in [0.25, 0.3) is 6.08 Å². The van der Waals surface area contributed by atoms with Crippen LogP contribution in [0.3, 0.4) is 0 Å². The van der Waals surface area contributed by atoms with E-state index >= 15 is 0 Å². The predicted octanol–water partition coefficient (Wildman–Crippen LogP) is 4.31. The van der Waals surface area contributed by atoms with Crippen LogP contribution in [0.1, 0.15) is 16.7 Å². The molecular weight excluding hydrogens is 359 g/mol. The van der Waals surface area contributed by atoms with E-state index in [-0.39, 0.29) is 6.61 Å². The summed E-state index contributed by atoms with van der Waals surface area (Å²) in [5.74, 6) is -0.571. The molecule has 0 unspecified atom stereocenters. The second-order valence-electron chi connectivity index (χ2n) is 6.08. The third-order valence-electron chi connectivity index (χ3n) is 4.17. The highest BCUT2D eigenvalue weighted by Gasteiger charge is 2.36. The summed E-state index contributed by atoms with van der Waals surface area (Å²) in [6, 6.07) is 13.4. The van der Waals surface area contributed by atoms with Gasteiger partial charge in [0.05, 0.1) is 11.6 Å². The highest BCUT2D eigenvalue weighted by Crippen LogP contribution is 2.29. The fourth-order valence-corrected chi connectivity index (χ4v) is 2.80. The Morgan fingerprint density at radius 1 is 1.11 bits per heavy atom. The number of ether oxygens (including phenoxy) is 1. The van der Waals surface area contributed by atoms with E-state index in [1.807, 2.05) is 30.3 Å². The van der Waals surface area contributed by atoms with Gasteiger partial charge < -0.3 is 4.74 Å². The van der Waals surface area contributed by atoms with Crippen molar-refractivity contribution in [1.82, 2.24) is 4.90 Å². The lowest BCUT2D eigenvalue weighted by molar-refractivity contribution is -0.137. The molecule has 27 heavy (non-hydrogen) atoms. The maximum Gasteiger partial charge on any atom is 0.417 e. The summed E-state index contributed by atoms with van der Waals surface area (Å²) in [4.78, 5) is 25.4. The lowest BCUT2D eigenvalue weighted by atomic mass is 10.1. The molecule has 1 aliphatic heterocycles. The number of rotatable bonds is 4. The molecule has 1 fully saturated rings. The fourth-order valence-electron chi connectivity index (χ4n) is 2.80. The molecule has 2 aromatic carbocycles. The van der Waals surface area contributed by atoms with Crippen molar-refractivity contribution in [2.24, 2.45) is 0 Å². The van der Waals surface area contributed by atoms with Gasteiger partial charge in [-0.05, 0) is 35.8 Å². The zero-order chi connectivity index (χ0) is 19.4. The number of carbonyl (C=O) groups excluding carboxylic acids is 2. The first-order valence-electron chi connectivity index (χ1n) is 8.24. The summed E-state index contributed by atoms with van der Waals surface area (Å²) >= 11 is 0. The van der Waals surface area contributed by atoms with Crippen molar-refractivity contribution in [3.8, 4) is 0 Å². The van der Waals surface area contributed by atoms with Crippen molar-refractivity contribution >= 4 is 18.1 Å². The van der Waals surface area contributed by atoms with Gasteiger partial charge in [-0.2, -0.15) is 13.2 Å². The van der Waals surface area contributed by atoms with Crippen LogP contribution in [0.4, 0.5) is 18.0 Å². The summed E-state index contributed by atoms with van der Waals surface area (Å²) < 4.78 is 42.7. The van der Waals surface area contributed by atoms with E-state index in [9.17, 15) is 22.8 Å². The van der Waals surface area contributed by atoms with E-state index < -0.39 is 29.8 Å². The molecule has 2 aromatic rings. The molecule has 3 rings (SSSR count). The molecule has 1 heterocycles. The average Bonchev–Trinajstić information content (AvgIpc) is 3.00. The topological polar surface area (TPSA) is 46.6 Å². The zero-order valence-corrected chi connectivity index (χ0v) is 14.1. The molecule has 140 valence electrons. The Bertz CT molecular complexity index is 845. The second-order valence-corrected chi connectivity index (χ2v) is 6.08. The second kappa shape index (κ2) is 7.65. The van der Waals surface area contributed by atoms with Gasteiger partial charge >= 0.3 is 12.3 Å². The molecule has 1 atom stereocenters. The summed E-state index contributed by atoms with van der Waals surface area (Å²) in [6.45, 7) is 0.105. The van der Waals surface area contributed by atoms with Gasteiger partial charge in [-0.3, -0.25) is 4.79 Å². The minimum Gasteiger partial charge on any atom is -0.447 e. The Kier molecular flexibility index (Phi) is 5.30. The van der Waals surface area contributed by atoms with Gasteiger partial charge in [0.25, 0.3) is 5.91 Å². The number of cyclic esters (lactones) is 1.